The van der Waals surface area contributed by atoms with Gasteiger partial charge in [-0.05, 0) is 73.3 Å². The van der Waals surface area contributed by atoms with Gasteiger partial charge >= 0.3 is 0 Å². The zero-order valence-corrected chi connectivity index (χ0v) is 18.7. The van der Waals surface area contributed by atoms with Crippen molar-refractivity contribution in [1.82, 2.24) is 0 Å². The van der Waals surface area contributed by atoms with Gasteiger partial charge in [0.15, 0.2) is 0 Å². The van der Waals surface area contributed by atoms with Crippen molar-refractivity contribution in [3.8, 4) is 0 Å². The Bertz CT molecular complexity index is 980. The summed E-state index contributed by atoms with van der Waals surface area (Å²) in [5.74, 6) is 0.696. The summed E-state index contributed by atoms with van der Waals surface area (Å²) in [6, 6.07) is 6.96. The van der Waals surface area contributed by atoms with Crippen LogP contribution >= 0.6 is 0 Å². The fourth-order valence-electron chi connectivity index (χ4n) is 5.24. The van der Waals surface area contributed by atoms with Gasteiger partial charge < -0.3 is 0 Å². The number of aryl methyl sites for hydroxylation is 2. The number of ketones is 1. The van der Waals surface area contributed by atoms with Crippen LogP contribution in [0.15, 0.2) is 76.9 Å². The van der Waals surface area contributed by atoms with E-state index in [-0.39, 0.29) is 11.8 Å². The van der Waals surface area contributed by atoms with Crippen molar-refractivity contribution in [1.29, 1.82) is 0 Å². The van der Waals surface area contributed by atoms with Crippen molar-refractivity contribution in [2.45, 2.75) is 71.6 Å². The Hall–Kier alpha value is -2.41. The minimum atomic E-state index is 0.00902. The van der Waals surface area contributed by atoms with E-state index in [2.05, 4.69) is 75.4 Å². The molecule has 1 aromatic carbocycles. The second-order valence-corrected chi connectivity index (χ2v) is 9.07. The van der Waals surface area contributed by atoms with Gasteiger partial charge in [0.2, 0.25) is 0 Å². The highest BCUT2D eigenvalue weighted by Crippen LogP contribution is 2.44. The molecule has 0 radical (unpaired) electrons. The summed E-state index contributed by atoms with van der Waals surface area (Å²) in [5, 5.41) is 0. The van der Waals surface area contributed by atoms with E-state index in [9.17, 15) is 4.79 Å². The highest BCUT2D eigenvalue weighted by atomic mass is 16.1. The molecule has 0 bridgehead atoms. The molecule has 3 aliphatic carbocycles. The molecule has 0 N–H and O–H groups in total. The molecule has 0 saturated carbocycles. The van der Waals surface area contributed by atoms with Crippen LogP contribution in [0.3, 0.4) is 0 Å². The van der Waals surface area contributed by atoms with E-state index in [0.29, 0.717) is 12.2 Å². The molecule has 4 rings (SSSR count). The molecule has 0 heterocycles. The molecular weight excluding hydrogens is 364 g/mol. The lowest BCUT2D eigenvalue weighted by Gasteiger charge is -2.21. The Balaban J connectivity index is 1.56. The summed E-state index contributed by atoms with van der Waals surface area (Å²) in [5.41, 5.74) is 9.82. The van der Waals surface area contributed by atoms with E-state index < -0.39 is 0 Å². The maximum absolute atomic E-state index is 13.4. The molecule has 0 saturated heterocycles. The van der Waals surface area contributed by atoms with Crippen LogP contribution < -0.4 is 0 Å². The number of allylic oxidation sites excluding steroid dienone is 10. The Morgan fingerprint density at radius 2 is 1.87 bits per heavy atom. The molecule has 156 valence electrons. The molecular formula is C29H34O. The van der Waals surface area contributed by atoms with Gasteiger partial charge in [0.1, 0.15) is 5.78 Å². The van der Waals surface area contributed by atoms with Crippen molar-refractivity contribution in [3.05, 3.63) is 93.6 Å². The zero-order chi connectivity index (χ0) is 21.1. The van der Waals surface area contributed by atoms with Crippen LogP contribution in [0.1, 0.15) is 75.5 Å². The largest absolute Gasteiger partial charge is 0.299 e. The first kappa shape index (κ1) is 20.8. The van der Waals surface area contributed by atoms with E-state index in [1.54, 1.807) is 0 Å². The molecule has 2 atom stereocenters. The van der Waals surface area contributed by atoms with Crippen LogP contribution in [0.25, 0.3) is 0 Å². The summed E-state index contributed by atoms with van der Waals surface area (Å²) < 4.78 is 0. The highest BCUT2D eigenvalue weighted by Gasteiger charge is 2.34. The molecule has 0 spiro atoms. The van der Waals surface area contributed by atoms with Gasteiger partial charge in [-0.1, -0.05) is 79.6 Å². The fraction of sp³-hybridized carbons (Fsp3) is 0.414. The molecule has 2 unspecified atom stereocenters. The average Bonchev–Trinajstić information content (AvgIpc) is 3.51. The summed E-state index contributed by atoms with van der Waals surface area (Å²) in [6.45, 7) is 6.63. The third kappa shape index (κ3) is 4.36. The monoisotopic (exact) mass is 398 g/mol. The predicted molar refractivity (Wildman–Crippen MR) is 127 cm³/mol. The Kier molecular flexibility index (Phi) is 6.37. The lowest BCUT2D eigenvalue weighted by atomic mass is 9.82. The van der Waals surface area contributed by atoms with Crippen LogP contribution in [0.5, 0.6) is 0 Å². The van der Waals surface area contributed by atoms with Gasteiger partial charge in [-0.15, -0.1) is 0 Å². The summed E-state index contributed by atoms with van der Waals surface area (Å²) in [7, 11) is 0. The lowest BCUT2D eigenvalue weighted by Crippen LogP contribution is -2.18. The third-order valence-corrected chi connectivity index (χ3v) is 7.03. The lowest BCUT2D eigenvalue weighted by molar-refractivity contribution is -0.121. The molecule has 0 fully saturated rings. The SMILES string of the molecule is CCc1ccc(C2CC(C3=CC=CC3)=CC2C(=O)CCC2=CC=C(C)C2)cc1CC. The van der Waals surface area contributed by atoms with Crippen molar-refractivity contribution in [2.24, 2.45) is 5.92 Å². The summed E-state index contributed by atoms with van der Waals surface area (Å²) in [4.78, 5) is 13.4. The second kappa shape index (κ2) is 9.16. The Morgan fingerprint density at radius 3 is 2.53 bits per heavy atom. The average molecular weight is 399 g/mol. The number of carbonyl (C=O) groups excluding carboxylic acids is 1. The van der Waals surface area contributed by atoms with Crippen molar-refractivity contribution < 1.29 is 4.79 Å². The minimum absolute atomic E-state index is 0.00902. The van der Waals surface area contributed by atoms with Gasteiger partial charge in [-0.3, -0.25) is 4.79 Å². The smallest absolute Gasteiger partial charge is 0.140 e. The number of hydrogen-bond acceptors (Lipinski definition) is 1. The Labute approximate surface area is 182 Å². The van der Waals surface area contributed by atoms with Gasteiger partial charge in [0.25, 0.3) is 0 Å². The van der Waals surface area contributed by atoms with E-state index in [1.807, 2.05) is 0 Å². The van der Waals surface area contributed by atoms with Gasteiger partial charge in [-0.2, -0.15) is 0 Å². The third-order valence-electron chi connectivity index (χ3n) is 7.03. The standard InChI is InChI=1S/C29H34O/c1-4-22-13-14-25(17-23(22)5-2)27-18-26(24-8-6-7-9-24)19-28(27)29(30)15-12-21-11-10-20(3)16-21/h6-8,10-11,13-14,17,19,27-28H,4-5,9,12,15-16,18H2,1-3H3. The first-order chi connectivity index (χ1) is 14.6. The van der Waals surface area contributed by atoms with Gasteiger partial charge in [0.05, 0.1) is 0 Å². The maximum Gasteiger partial charge on any atom is 0.140 e. The van der Waals surface area contributed by atoms with E-state index in [0.717, 1.165) is 38.5 Å². The molecule has 0 amide bonds. The summed E-state index contributed by atoms with van der Waals surface area (Å²) >= 11 is 0. The number of rotatable bonds is 8. The van der Waals surface area contributed by atoms with Crippen LogP contribution in [0.2, 0.25) is 0 Å². The topological polar surface area (TPSA) is 17.1 Å². The molecule has 30 heavy (non-hydrogen) atoms. The Morgan fingerprint density at radius 1 is 1.03 bits per heavy atom. The van der Waals surface area contributed by atoms with Crippen LogP contribution in [0, 0.1) is 5.92 Å². The predicted octanol–water partition coefficient (Wildman–Crippen LogP) is 7.35. The van der Waals surface area contributed by atoms with Crippen LogP contribution in [-0.4, -0.2) is 5.78 Å². The van der Waals surface area contributed by atoms with Gasteiger partial charge in [0, 0.05) is 18.3 Å². The first-order valence-electron chi connectivity index (χ1n) is 11.7. The molecule has 1 nitrogen and oxygen atoms in total. The quantitative estimate of drug-likeness (QED) is 0.447. The zero-order valence-electron chi connectivity index (χ0n) is 18.7. The molecule has 1 heteroatoms. The molecule has 0 aromatic heterocycles. The van der Waals surface area contributed by atoms with E-state index in [1.165, 1.54) is 39.0 Å². The van der Waals surface area contributed by atoms with Crippen molar-refractivity contribution in [3.63, 3.8) is 0 Å². The number of hydrogen-bond donors (Lipinski definition) is 0. The van der Waals surface area contributed by atoms with Crippen LogP contribution in [0.4, 0.5) is 0 Å². The van der Waals surface area contributed by atoms with Gasteiger partial charge in [-0.25, -0.2) is 0 Å². The first-order valence-corrected chi connectivity index (χ1v) is 11.7. The highest BCUT2D eigenvalue weighted by molar-refractivity contribution is 5.85. The van der Waals surface area contributed by atoms with E-state index in [4.69, 9.17) is 0 Å². The maximum atomic E-state index is 13.4. The van der Waals surface area contributed by atoms with Crippen molar-refractivity contribution >= 4 is 5.78 Å². The number of Topliss-reactive ketones (excluding diaryl/α,β-unsaturated/α-hetero) is 1. The fourth-order valence-corrected chi connectivity index (χ4v) is 5.24. The van der Waals surface area contributed by atoms with E-state index >= 15 is 0 Å². The van der Waals surface area contributed by atoms with Crippen LogP contribution in [-0.2, 0) is 17.6 Å². The minimum Gasteiger partial charge on any atom is -0.299 e. The normalized spacial score (nSPS) is 22.8. The van der Waals surface area contributed by atoms with Crippen molar-refractivity contribution in [2.75, 3.05) is 0 Å². The number of benzene rings is 1. The molecule has 1 aromatic rings. The number of carbonyl (C=O) groups is 1. The molecule has 3 aliphatic rings. The summed E-state index contributed by atoms with van der Waals surface area (Å²) in [6.07, 6.45) is 20.0. The molecule has 0 aliphatic heterocycles. The second-order valence-electron chi connectivity index (χ2n) is 9.07.